The first-order chi connectivity index (χ1) is 12.6. The molecule has 1 fully saturated rings. The van der Waals surface area contributed by atoms with Crippen LogP contribution in [0.15, 0.2) is 47.4 Å². The highest BCUT2D eigenvalue weighted by atomic mass is 35.5. The molecule has 9 heteroatoms. The Morgan fingerprint density at radius 3 is 2.37 bits per heavy atom. The van der Waals surface area contributed by atoms with Gasteiger partial charge in [0.2, 0.25) is 0 Å². The number of nitrogens with zero attached hydrogens (tertiary/aromatic N) is 2. The summed E-state index contributed by atoms with van der Waals surface area (Å²) in [5.74, 6) is 0. The molecule has 2 aromatic carbocycles. The molecule has 0 saturated carbocycles. The molecule has 0 spiro atoms. The molecule has 2 aromatic rings. The van der Waals surface area contributed by atoms with E-state index in [2.05, 4.69) is 0 Å². The highest BCUT2D eigenvalue weighted by molar-refractivity contribution is 7.90. The summed E-state index contributed by atoms with van der Waals surface area (Å²) >= 11 is 6.21. The second kappa shape index (κ2) is 7.10. The molecule has 1 N–H and O–H groups in total. The molecular formula is C18H19ClN2O5S. The van der Waals surface area contributed by atoms with Crippen molar-refractivity contribution in [2.24, 2.45) is 0 Å². The summed E-state index contributed by atoms with van der Waals surface area (Å²) in [5.41, 5.74) is -0.255. The normalized spacial score (nSPS) is 16.9. The van der Waals surface area contributed by atoms with Crippen LogP contribution in [0.1, 0.15) is 18.4 Å². The zero-order valence-corrected chi connectivity index (χ0v) is 16.2. The second-order valence-corrected chi connectivity index (χ2v) is 9.07. The molecule has 0 aromatic heterocycles. The first-order valence-corrected chi connectivity index (χ1v) is 10.6. The summed E-state index contributed by atoms with van der Waals surface area (Å²) in [4.78, 5) is 12.0. The summed E-state index contributed by atoms with van der Waals surface area (Å²) in [5, 5.41) is 22.6. The van der Waals surface area contributed by atoms with Crippen molar-refractivity contribution in [3.05, 3.63) is 63.2 Å². The minimum absolute atomic E-state index is 0.308. The molecule has 7 nitrogen and oxygen atoms in total. The van der Waals surface area contributed by atoms with Crippen molar-refractivity contribution in [1.29, 1.82) is 0 Å². The summed E-state index contributed by atoms with van der Waals surface area (Å²) in [6.45, 7) is 0.922. The maximum Gasteiger partial charge on any atom is 0.288 e. The van der Waals surface area contributed by atoms with Crippen molar-refractivity contribution in [2.75, 3.05) is 24.2 Å². The van der Waals surface area contributed by atoms with E-state index in [-0.39, 0.29) is 4.90 Å². The summed E-state index contributed by atoms with van der Waals surface area (Å²) < 4.78 is 23.9. The van der Waals surface area contributed by atoms with Crippen molar-refractivity contribution in [1.82, 2.24) is 0 Å². The lowest BCUT2D eigenvalue weighted by atomic mass is 9.84. The van der Waals surface area contributed by atoms with E-state index >= 15 is 0 Å². The van der Waals surface area contributed by atoms with Gasteiger partial charge >= 0.3 is 0 Å². The van der Waals surface area contributed by atoms with Gasteiger partial charge in [-0.15, -0.1) is 0 Å². The zero-order valence-electron chi connectivity index (χ0n) is 14.6. The number of piperidine rings is 1. The van der Waals surface area contributed by atoms with Crippen LogP contribution in [0.5, 0.6) is 0 Å². The molecule has 0 unspecified atom stereocenters. The molecule has 1 aliphatic heterocycles. The number of rotatable bonds is 4. The minimum Gasteiger partial charge on any atom is -0.385 e. The Bertz CT molecular complexity index is 985. The average molecular weight is 411 g/mol. The van der Waals surface area contributed by atoms with Gasteiger partial charge < -0.3 is 10.0 Å². The number of aliphatic hydroxyl groups is 1. The third-order valence-corrected chi connectivity index (χ3v) is 6.33. The number of halogens is 1. The Labute approximate surface area is 162 Å². The van der Waals surface area contributed by atoms with Gasteiger partial charge in [0.15, 0.2) is 9.84 Å². The standard InChI is InChI=1S/C18H19ClN2O5S/c1-27(25,26)17-12-13(6-7-16(17)21(23)24)20-10-8-18(22,9-11-20)14-4-2-3-5-15(14)19/h2-7,12,22H,8-11H2,1H3. The van der Waals surface area contributed by atoms with Gasteiger partial charge in [0, 0.05) is 41.7 Å². The van der Waals surface area contributed by atoms with Gasteiger partial charge in [-0.2, -0.15) is 0 Å². The Morgan fingerprint density at radius 1 is 1.19 bits per heavy atom. The van der Waals surface area contributed by atoms with Gasteiger partial charge in [-0.05, 0) is 31.0 Å². The third-order valence-electron chi connectivity index (χ3n) is 4.87. The van der Waals surface area contributed by atoms with Crippen LogP contribution in [-0.2, 0) is 15.4 Å². The van der Waals surface area contributed by atoms with Gasteiger partial charge in [0.25, 0.3) is 5.69 Å². The second-order valence-electron chi connectivity index (χ2n) is 6.68. The van der Waals surface area contributed by atoms with Gasteiger partial charge in [0.1, 0.15) is 4.90 Å². The number of hydrogen-bond acceptors (Lipinski definition) is 6. The summed E-state index contributed by atoms with van der Waals surface area (Å²) in [7, 11) is -3.75. The molecule has 0 amide bonds. The Hall–Kier alpha value is -2.16. The van der Waals surface area contributed by atoms with Crippen molar-refractivity contribution in [3.63, 3.8) is 0 Å². The lowest BCUT2D eigenvalue weighted by Gasteiger charge is -2.40. The van der Waals surface area contributed by atoms with Crippen LogP contribution in [0.2, 0.25) is 5.02 Å². The maximum absolute atomic E-state index is 11.9. The molecular weight excluding hydrogens is 392 g/mol. The number of sulfone groups is 1. The van der Waals surface area contributed by atoms with Crippen LogP contribution >= 0.6 is 11.6 Å². The fourth-order valence-electron chi connectivity index (χ4n) is 3.39. The van der Waals surface area contributed by atoms with E-state index in [1.807, 2.05) is 11.0 Å². The van der Waals surface area contributed by atoms with Gasteiger partial charge in [-0.25, -0.2) is 8.42 Å². The van der Waals surface area contributed by atoms with Crippen molar-refractivity contribution >= 4 is 32.8 Å². The highest BCUT2D eigenvalue weighted by Gasteiger charge is 2.36. The lowest BCUT2D eigenvalue weighted by Crippen LogP contribution is -2.42. The molecule has 0 aliphatic carbocycles. The Kier molecular flexibility index (Phi) is 5.16. The number of nitro groups is 1. The molecule has 0 bridgehead atoms. The lowest BCUT2D eigenvalue weighted by molar-refractivity contribution is -0.387. The van der Waals surface area contributed by atoms with Gasteiger partial charge in [-0.3, -0.25) is 10.1 Å². The molecule has 3 rings (SSSR count). The zero-order chi connectivity index (χ0) is 19.8. The quantitative estimate of drug-likeness (QED) is 0.613. The maximum atomic E-state index is 11.9. The molecule has 1 aliphatic rings. The monoisotopic (exact) mass is 410 g/mol. The van der Waals surface area contributed by atoms with Crippen molar-refractivity contribution in [3.8, 4) is 0 Å². The first-order valence-electron chi connectivity index (χ1n) is 8.33. The highest BCUT2D eigenvalue weighted by Crippen LogP contribution is 2.38. The molecule has 0 atom stereocenters. The van der Waals surface area contributed by atoms with Gasteiger partial charge in [-0.1, -0.05) is 29.8 Å². The number of anilines is 1. The predicted octanol–water partition coefficient (Wildman–Crippen LogP) is 3.14. The molecule has 1 heterocycles. The summed E-state index contributed by atoms with van der Waals surface area (Å²) in [6, 6.07) is 11.2. The average Bonchev–Trinajstić information content (AvgIpc) is 2.61. The van der Waals surface area contributed by atoms with E-state index in [1.54, 1.807) is 18.2 Å². The SMILES string of the molecule is CS(=O)(=O)c1cc(N2CCC(O)(c3ccccc3Cl)CC2)ccc1[N+](=O)[O-]. The van der Waals surface area contributed by atoms with Crippen LogP contribution in [0.3, 0.4) is 0 Å². The van der Waals surface area contributed by atoms with E-state index in [9.17, 15) is 23.6 Å². The van der Waals surface area contributed by atoms with Crippen LogP contribution in [0, 0.1) is 10.1 Å². The van der Waals surface area contributed by atoms with E-state index in [4.69, 9.17) is 11.6 Å². The smallest absolute Gasteiger partial charge is 0.288 e. The van der Waals surface area contributed by atoms with Crippen LogP contribution in [-0.4, -0.2) is 37.8 Å². The van der Waals surface area contributed by atoms with E-state index in [0.29, 0.717) is 42.2 Å². The van der Waals surface area contributed by atoms with Crippen LogP contribution < -0.4 is 4.90 Å². The fraction of sp³-hybridized carbons (Fsp3) is 0.333. The largest absolute Gasteiger partial charge is 0.385 e. The van der Waals surface area contributed by atoms with E-state index < -0.39 is 26.0 Å². The van der Waals surface area contributed by atoms with E-state index in [0.717, 1.165) is 6.26 Å². The summed E-state index contributed by atoms with van der Waals surface area (Å²) in [6.07, 6.45) is 1.76. The predicted molar refractivity (Wildman–Crippen MR) is 103 cm³/mol. The molecule has 144 valence electrons. The number of hydrogen-bond donors (Lipinski definition) is 1. The van der Waals surface area contributed by atoms with E-state index in [1.165, 1.54) is 18.2 Å². The Balaban J connectivity index is 1.86. The minimum atomic E-state index is -3.75. The van der Waals surface area contributed by atoms with Gasteiger partial charge in [0.05, 0.1) is 10.5 Å². The molecule has 0 radical (unpaired) electrons. The van der Waals surface area contributed by atoms with Crippen LogP contribution in [0.4, 0.5) is 11.4 Å². The number of benzene rings is 2. The first kappa shape index (κ1) is 19.6. The van der Waals surface area contributed by atoms with Crippen molar-refractivity contribution in [2.45, 2.75) is 23.3 Å². The third kappa shape index (κ3) is 3.92. The Morgan fingerprint density at radius 2 is 1.81 bits per heavy atom. The van der Waals surface area contributed by atoms with Crippen molar-refractivity contribution < 1.29 is 18.4 Å². The molecule has 27 heavy (non-hydrogen) atoms. The number of nitro benzene ring substituents is 1. The van der Waals surface area contributed by atoms with Crippen LogP contribution in [0.25, 0.3) is 0 Å². The topological polar surface area (TPSA) is 101 Å². The molecule has 1 saturated heterocycles. The fourth-order valence-corrected chi connectivity index (χ4v) is 4.56.